The highest BCUT2D eigenvalue weighted by atomic mass is 16.5. The van der Waals surface area contributed by atoms with Crippen LogP contribution in [-0.2, 0) is 20.7 Å². The predicted octanol–water partition coefficient (Wildman–Crippen LogP) is 0.285. The molecule has 2 amide bonds. The number of likely N-dealkylation sites (tertiary alicyclic amines) is 1. The number of benzene rings is 1. The fraction of sp³-hybridized carbons (Fsp3) is 0.579. The van der Waals surface area contributed by atoms with Gasteiger partial charge in [-0.1, -0.05) is 12.1 Å². The molecule has 1 aromatic carbocycles. The smallest absolute Gasteiger partial charge is 0.240 e. The lowest BCUT2D eigenvalue weighted by Gasteiger charge is -2.31. The molecule has 1 N–H and O–H groups in total. The van der Waals surface area contributed by atoms with Crippen LogP contribution in [0.1, 0.15) is 12.0 Å². The van der Waals surface area contributed by atoms with Crippen molar-refractivity contribution in [1.82, 2.24) is 15.1 Å². The van der Waals surface area contributed by atoms with E-state index in [1.807, 2.05) is 41.1 Å². The molecule has 2 aliphatic rings. The lowest BCUT2D eigenvalue weighted by molar-refractivity contribution is -0.139. The van der Waals surface area contributed by atoms with E-state index >= 15 is 0 Å². The van der Waals surface area contributed by atoms with Gasteiger partial charge in [0.05, 0.1) is 32.8 Å². The zero-order chi connectivity index (χ0) is 18.5. The topological polar surface area (TPSA) is 71.1 Å². The fourth-order valence-corrected chi connectivity index (χ4v) is 3.59. The minimum absolute atomic E-state index is 0.000684. The SMILES string of the molecule is COc1ccc(CC(=O)N[C@H]2C[C@@H](C(=O)N3CCOCC3)N(C)C2)cc1. The Morgan fingerprint density at radius 3 is 2.58 bits per heavy atom. The summed E-state index contributed by atoms with van der Waals surface area (Å²) in [5.41, 5.74) is 0.940. The Morgan fingerprint density at radius 1 is 1.23 bits per heavy atom. The Morgan fingerprint density at radius 2 is 1.92 bits per heavy atom. The van der Waals surface area contributed by atoms with Crippen LogP contribution in [0.25, 0.3) is 0 Å². The van der Waals surface area contributed by atoms with Gasteiger partial charge >= 0.3 is 0 Å². The van der Waals surface area contributed by atoms with Crippen molar-refractivity contribution < 1.29 is 19.1 Å². The number of methoxy groups -OCH3 is 1. The molecule has 7 nitrogen and oxygen atoms in total. The third-order valence-corrected chi connectivity index (χ3v) is 5.04. The molecule has 2 aliphatic heterocycles. The van der Waals surface area contributed by atoms with Crippen LogP contribution in [0.2, 0.25) is 0 Å². The average molecular weight is 361 g/mol. The van der Waals surface area contributed by atoms with E-state index in [-0.39, 0.29) is 23.9 Å². The lowest BCUT2D eigenvalue weighted by Crippen LogP contribution is -2.48. The quantitative estimate of drug-likeness (QED) is 0.816. The number of amides is 2. The van der Waals surface area contributed by atoms with Gasteiger partial charge in [-0.3, -0.25) is 14.5 Å². The van der Waals surface area contributed by atoms with Gasteiger partial charge in [-0.2, -0.15) is 0 Å². The highest BCUT2D eigenvalue weighted by molar-refractivity contribution is 5.83. The second kappa shape index (κ2) is 8.51. The zero-order valence-electron chi connectivity index (χ0n) is 15.4. The number of carbonyl (C=O) groups excluding carboxylic acids is 2. The predicted molar refractivity (Wildman–Crippen MR) is 97.1 cm³/mol. The van der Waals surface area contributed by atoms with E-state index in [1.54, 1.807) is 7.11 Å². The summed E-state index contributed by atoms with van der Waals surface area (Å²) in [6.45, 7) is 3.19. The average Bonchev–Trinajstić information content (AvgIpc) is 3.02. The first-order valence-electron chi connectivity index (χ1n) is 9.06. The second-order valence-corrected chi connectivity index (χ2v) is 6.92. The third-order valence-electron chi connectivity index (χ3n) is 5.04. The van der Waals surface area contributed by atoms with E-state index in [0.29, 0.717) is 45.7 Å². The molecule has 0 aliphatic carbocycles. The summed E-state index contributed by atoms with van der Waals surface area (Å²) in [7, 11) is 3.56. The second-order valence-electron chi connectivity index (χ2n) is 6.92. The molecule has 2 saturated heterocycles. The highest BCUT2D eigenvalue weighted by Crippen LogP contribution is 2.19. The van der Waals surface area contributed by atoms with Gasteiger partial charge in [0.15, 0.2) is 0 Å². The molecule has 7 heteroatoms. The van der Waals surface area contributed by atoms with Gasteiger partial charge in [0.25, 0.3) is 0 Å². The molecule has 2 fully saturated rings. The molecule has 2 atom stereocenters. The van der Waals surface area contributed by atoms with Gasteiger partial charge in [0.2, 0.25) is 11.8 Å². The van der Waals surface area contributed by atoms with Crippen LogP contribution in [0.5, 0.6) is 5.75 Å². The van der Waals surface area contributed by atoms with Crippen molar-refractivity contribution >= 4 is 11.8 Å². The van der Waals surface area contributed by atoms with Crippen molar-refractivity contribution in [3.8, 4) is 5.75 Å². The number of likely N-dealkylation sites (N-methyl/N-ethyl adjacent to an activating group) is 1. The van der Waals surface area contributed by atoms with E-state index in [4.69, 9.17) is 9.47 Å². The van der Waals surface area contributed by atoms with Gasteiger partial charge in [0.1, 0.15) is 5.75 Å². The van der Waals surface area contributed by atoms with Crippen LogP contribution >= 0.6 is 0 Å². The number of nitrogens with zero attached hydrogens (tertiary/aromatic N) is 2. The number of ether oxygens (including phenoxy) is 2. The first-order valence-corrected chi connectivity index (χ1v) is 9.06. The summed E-state index contributed by atoms with van der Waals surface area (Å²) in [5.74, 6) is 0.895. The van der Waals surface area contributed by atoms with Crippen LogP contribution in [0.4, 0.5) is 0 Å². The molecule has 0 spiro atoms. The Balaban J connectivity index is 1.50. The van der Waals surface area contributed by atoms with E-state index in [9.17, 15) is 9.59 Å². The number of carbonyl (C=O) groups is 2. The molecule has 3 rings (SSSR count). The third kappa shape index (κ3) is 4.53. The fourth-order valence-electron chi connectivity index (χ4n) is 3.59. The molecular weight excluding hydrogens is 334 g/mol. The molecule has 1 aromatic rings. The van der Waals surface area contributed by atoms with Crippen molar-refractivity contribution in [3.05, 3.63) is 29.8 Å². The van der Waals surface area contributed by atoms with E-state index in [0.717, 1.165) is 11.3 Å². The summed E-state index contributed by atoms with van der Waals surface area (Å²) >= 11 is 0. The van der Waals surface area contributed by atoms with Crippen molar-refractivity contribution in [2.24, 2.45) is 0 Å². The Labute approximate surface area is 154 Å². The van der Waals surface area contributed by atoms with Gasteiger partial charge in [0, 0.05) is 25.7 Å². The van der Waals surface area contributed by atoms with Crippen molar-refractivity contribution in [2.75, 3.05) is 47.0 Å². The number of rotatable bonds is 5. The standard InChI is InChI=1S/C19H27N3O4/c1-21-13-15(12-17(21)19(24)22-7-9-26-10-8-22)20-18(23)11-14-3-5-16(25-2)6-4-14/h3-6,15,17H,7-13H2,1-2H3,(H,20,23)/t15-,17-/m0/s1. The first-order chi connectivity index (χ1) is 12.6. The number of morpholine rings is 1. The largest absolute Gasteiger partial charge is 0.497 e. The first kappa shape index (κ1) is 18.7. The van der Waals surface area contributed by atoms with Crippen LogP contribution in [-0.4, -0.2) is 80.7 Å². The molecule has 26 heavy (non-hydrogen) atoms. The van der Waals surface area contributed by atoms with E-state index in [1.165, 1.54) is 0 Å². The number of nitrogens with one attached hydrogen (secondary N) is 1. The summed E-state index contributed by atoms with van der Waals surface area (Å²) in [5, 5.41) is 3.07. The van der Waals surface area contributed by atoms with E-state index < -0.39 is 0 Å². The maximum Gasteiger partial charge on any atom is 0.240 e. The summed E-state index contributed by atoms with van der Waals surface area (Å²) < 4.78 is 10.4. The molecule has 0 radical (unpaired) electrons. The minimum Gasteiger partial charge on any atom is -0.497 e. The Bertz CT molecular complexity index is 628. The highest BCUT2D eigenvalue weighted by Gasteiger charge is 2.37. The lowest BCUT2D eigenvalue weighted by atomic mass is 10.1. The summed E-state index contributed by atoms with van der Waals surface area (Å²) in [6.07, 6.45) is 0.979. The molecule has 0 bridgehead atoms. The maximum atomic E-state index is 12.7. The van der Waals surface area contributed by atoms with Crippen LogP contribution in [0, 0.1) is 0 Å². The molecule has 142 valence electrons. The van der Waals surface area contributed by atoms with Crippen molar-refractivity contribution in [3.63, 3.8) is 0 Å². The number of hydrogen-bond acceptors (Lipinski definition) is 5. The van der Waals surface area contributed by atoms with Crippen LogP contribution in [0.15, 0.2) is 24.3 Å². The van der Waals surface area contributed by atoms with Gasteiger partial charge in [-0.15, -0.1) is 0 Å². The monoisotopic (exact) mass is 361 g/mol. The van der Waals surface area contributed by atoms with Gasteiger partial charge in [-0.05, 0) is 31.2 Å². The molecular formula is C19H27N3O4. The van der Waals surface area contributed by atoms with Crippen molar-refractivity contribution in [2.45, 2.75) is 24.9 Å². The van der Waals surface area contributed by atoms with Gasteiger partial charge < -0.3 is 19.7 Å². The molecule has 0 aromatic heterocycles. The van der Waals surface area contributed by atoms with Crippen LogP contribution < -0.4 is 10.1 Å². The normalized spacial score (nSPS) is 23.7. The molecule has 0 saturated carbocycles. The molecule has 0 unspecified atom stereocenters. The van der Waals surface area contributed by atoms with E-state index in [2.05, 4.69) is 5.32 Å². The molecule has 2 heterocycles. The number of hydrogen-bond donors (Lipinski definition) is 1. The zero-order valence-corrected chi connectivity index (χ0v) is 15.4. The van der Waals surface area contributed by atoms with Crippen molar-refractivity contribution in [1.29, 1.82) is 0 Å². The van der Waals surface area contributed by atoms with Crippen LogP contribution in [0.3, 0.4) is 0 Å². The maximum absolute atomic E-state index is 12.7. The summed E-state index contributed by atoms with van der Waals surface area (Å²) in [4.78, 5) is 28.9. The summed E-state index contributed by atoms with van der Waals surface area (Å²) in [6, 6.07) is 7.32. The minimum atomic E-state index is -0.167. The Kier molecular flexibility index (Phi) is 6.11. The van der Waals surface area contributed by atoms with Gasteiger partial charge in [-0.25, -0.2) is 0 Å². The Hall–Kier alpha value is -2.12.